The van der Waals surface area contributed by atoms with Crippen molar-refractivity contribution in [3.63, 3.8) is 0 Å². The van der Waals surface area contributed by atoms with Crippen LogP contribution in [0.5, 0.6) is 0 Å². The van der Waals surface area contributed by atoms with E-state index in [1.807, 2.05) is 24.3 Å². The van der Waals surface area contributed by atoms with Gasteiger partial charge in [-0.15, -0.1) is 0 Å². The summed E-state index contributed by atoms with van der Waals surface area (Å²) in [5.74, 6) is -2.26. The second kappa shape index (κ2) is 5.65. The molecule has 0 aromatic heterocycles. The van der Waals surface area contributed by atoms with Gasteiger partial charge in [0.25, 0.3) is 5.91 Å². The molecule has 4 rings (SSSR count). The van der Waals surface area contributed by atoms with E-state index in [1.165, 1.54) is 11.6 Å². The number of imide groups is 1. The number of rotatable bonds is 2. The summed E-state index contributed by atoms with van der Waals surface area (Å²) in [5.41, 5.74) is 1.67. The highest BCUT2D eigenvalue weighted by molar-refractivity contribution is 6.07. The van der Waals surface area contributed by atoms with E-state index in [0.717, 1.165) is 22.6 Å². The van der Waals surface area contributed by atoms with Crippen molar-refractivity contribution in [3.8, 4) is 0 Å². The van der Waals surface area contributed by atoms with Gasteiger partial charge < -0.3 is 5.32 Å². The van der Waals surface area contributed by atoms with E-state index in [0.29, 0.717) is 24.8 Å². The van der Waals surface area contributed by atoms with Crippen LogP contribution in [0.2, 0.25) is 0 Å². The van der Waals surface area contributed by atoms with E-state index in [-0.39, 0.29) is 12.5 Å². The molecule has 1 spiro atoms. The van der Waals surface area contributed by atoms with Crippen LogP contribution in [0.15, 0.2) is 42.5 Å². The first-order valence-electron chi connectivity index (χ1n) is 8.13. The van der Waals surface area contributed by atoms with Crippen molar-refractivity contribution >= 4 is 11.9 Å². The molecular weight excluding hydrogens is 326 g/mol. The molecule has 4 nitrogen and oxygen atoms in total. The molecule has 128 valence electrons. The number of carbonyl (C=O) groups excluding carboxylic acids is 2. The molecule has 1 N–H and O–H groups in total. The number of aryl methyl sites for hydroxylation is 1. The molecule has 0 saturated carbocycles. The normalized spacial score (nSPS) is 22.2. The molecular formula is C19H16F2N2O2. The van der Waals surface area contributed by atoms with Gasteiger partial charge in [-0.1, -0.05) is 30.3 Å². The van der Waals surface area contributed by atoms with Crippen LogP contribution in [-0.2, 0) is 24.2 Å². The highest BCUT2D eigenvalue weighted by atomic mass is 19.2. The molecule has 1 unspecified atom stereocenters. The number of nitrogens with zero attached hydrogens (tertiary/aromatic N) is 1. The molecule has 2 aliphatic rings. The van der Waals surface area contributed by atoms with E-state index < -0.39 is 23.2 Å². The standard InChI is InChI=1S/C19H16F2N2O2/c20-15-6-5-12(9-16(15)21)11-23-17(24)19(22-18(23)25)8-7-13-3-1-2-4-14(13)10-19/h1-6,9H,7-8,10-11H2,(H,22,25). The number of urea groups is 1. The molecule has 1 saturated heterocycles. The average Bonchev–Trinajstić information content (AvgIpc) is 2.82. The Hall–Kier alpha value is -2.76. The van der Waals surface area contributed by atoms with Crippen molar-refractivity contribution in [1.29, 1.82) is 0 Å². The minimum absolute atomic E-state index is 0.0781. The van der Waals surface area contributed by atoms with Crippen LogP contribution in [0.4, 0.5) is 13.6 Å². The van der Waals surface area contributed by atoms with Gasteiger partial charge in [0.1, 0.15) is 5.54 Å². The van der Waals surface area contributed by atoms with E-state index in [9.17, 15) is 18.4 Å². The monoisotopic (exact) mass is 342 g/mol. The maximum atomic E-state index is 13.4. The van der Waals surface area contributed by atoms with Crippen molar-refractivity contribution in [2.24, 2.45) is 0 Å². The summed E-state index contributed by atoms with van der Waals surface area (Å²) in [6.07, 6.45) is 1.69. The minimum Gasteiger partial charge on any atom is -0.323 e. The zero-order valence-corrected chi connectivity index (χ0v) is 13.4. The zero-order chi connectivity index (χ0) is 17.6. The summed E-state index contributed by atoms with van der Waals surface area (Å²) in [4.78, 5) is 26.4. The van der Waals surface area contributed by atoms with Gasteiger partial charge in [-0.25, -0.2) is 13.6 Å². The molecule has 1 aliphatic carbocycles. The van der Waals surface area contributed by atoms with Crippen LogP contribution in [-0.4, -0.2) is 22.4 Å². The third kappa shape index (κ3) is 2.58. The Morgan fingerprint density at radius 3 is 2.56 bits per heavy atom. The number of hydrogen-bond acceptors (Lipinski definition) is 2. The molecule has 1 heterocycles. The first-order chi connectivity index (χ1) is 12.0. The number of benzene rings is 2. The maximum absolute atomic E-state index is 13.4. The zero-order valence-electron chi connectivity index (χ0n) is 13.4. The molecule has 3 amide bonds. The Kier molecular flexibility index (Phi) is 3.56. The fourth-order valence-electron chi connectivity index (χ4n) is 3.67. The molecule has 0 bridgehead atoms. The summed E-state index contributed by atoms with van der Waals surface area (Å²) >= 11 is 0. The summed E-state index contributed by atoms with van der Waals surface area (Å²) in [7, 11) is 0. The topological polar surface area (TPSA) is 49.4 Å². The Morgan fingerprint density at radius 2 is 1.80 bits per heavy atom. The fourth-order valence-corrected chi connectivity index (χ4v) is 3.67. The largest absolute Gasteiger partial charge is 0.325 e. The van der Waals surface area contributed by atoms with Gasteiger partial charge in [0.2, 0.25) is 0 Å². The second-order valence-electron chi connectivity index (χ2n) is 6.60. The number of nitrogens with one attached hydrogen (secondary N) is 1. The number of carbonyl (C=O) groups is 2. The van der Waals surface area contributed by atoms with Gasteiger partial charge in [0.15, 0.2) is 11.6 Å². The van der Waals surface area contributed by atoms with Crippen LogP contribution < -0.4 is 5.32 Å². The highest BCUT2D eigenvalue weighted by Crippen LogP contribution is 2.34. The van der Waals surface area contributed by atoms with Crippen LogP contribution >= 0.6 is 0 Å². The van der Waals surface area contributed by atoms with Crippen molar-refractivity contribution in [3.05, 3.63) is 70.8 Å². The van der Waals surface area contributed by atoms with E-state index >= 15 is 0 Å². The minimum atomic E-state index is -0.995. The van der Waals surface area contributed by atoms with E-state index in [2.05, 4.69) is 5.32 Å². The fraction of sp³-hybridized carbons (Fsp3) is 0.263. The predicted molar refractivity (Wildman–Crippen MR) is 86.6 cm³/mol. The second-order valence-corrected chi connectivity index (χ2v) is 6.60. The first kappa shape index (κ1) is 15.7. The molecule has 1 atom stereocenters. The summed E-state index contributed by atoms with van der Waals surface area (Å²) in [5, 5.41) is 2.83. The van der Waals surface area contributed by atoms with Crippen molar-refractivity contribution in [2.45, 2.75) is 31.3 Å². The van der Waals surface area contributed by atoms with E-state index in [1.54, 1.807) is 0 Å². The lowest BCUT2D eigenvalue weighted by molar-refractivity contribution is -0.132. The van der Waals surface area contributed by atoms with Gasteiger partial charge in [0, 0.05) is 6.42 Å². The van der Waals surface area contributed by atoms with Crippen molar-refractivity contribution in [2.75, 3.05) is 0 Å². The average molecular weight is 342 g/mol. The molecule has 6 heteroatoms. The third-order valence-corrected chi connectivity index (χ3v) is 5.00. The Morgan fingerprint density at radius 1 is 1.04 bits per heavy atom. The van der Waals surface area contributed by atoms with Crippen molar-refractivity contribution < 1.29 is 18.4 Å². The van der Waals surface area contributed by atoms with Gasteiger partial charge in [-0.2, -0.15) is 0 Å². The molecule has 2 aromatic rings. The number of fused-ring (bicyclic) bond motifs is 1. The van der Waals surface area contributed by atoms with Crippen molar-refractivity contribution in [1.82, 2.24) is 10.2 Å². The number of halogens is 2. The summed E-state index contributed by atoms with van der Waals surface area (Å²) in [6, 6.07) is 10.8. The lowest BCUT2D eigenvalue weighted by atomic mass is 9.78. The molecule has 1 fully saturated rings. The van der Waals surface area contributed by atoms with Gasteiger partial charge in [-0.3, -0.25) is 9.69 Å². The lowest BCUT2D eigenvalue weighted by Crippen LogP contribution is -2.51. The van der Waals surface area contributed by atoms with E-state index in [4.69, 9.17) is 0 Å². The Bertz CT molecular complexity index is 883. The molecule has 25 heavy (non-hydrogen) atoms. The first-order valence-corrected chi connectivity index (χ1v) is 8.13. The number of hydrogen-bond donors (Lipinski definition) is 1. The van der Waals surface area contributed by atoms with Crippen LogP contribution in [0, 0.1) is 11.6 Å². The maximum Gasteiger partial charge on any atom is 0.325 e. The molecule has 0 radical (unpaired) electrons. The predicted octanol–water partition coefficient (Wildman–Crippen LogP) is 2.94. The third-order valence-electron chi connectivity index (χ3n) is 5.00. The highest BCUT2D eigenvalue weighted by Gasteiger charge is 2.52. The SMILES string of the molecule is O=C1NC2(CCc3ccccc3C2)C(=O)N1Cc1ccc(F)c(F)c1. The van der Waals surface area contributed by atoms with Crippen LogP contribution in [0.1, 0.15) is 23.1 Å². The van der Waals surface area contributed by atoms with Gasteiger partial charge >= 0.3 is 6.03 Å². The summed E-state index contributed by atoms with van der Waals surface area (Å²) in [6.45, 7) is -0.0781. The number of amides is 3. The molecule has 2 aromatic carbocycles. The Labute approximate surface area is 143 Å². The van der Waals surface area contributed by atoms with Gasteiger partial charge in [-0.05, 0) is 41.7 Å². The lowest BCUT2D eigenvalue weighted by Gasteiger charge is -2.32. The quantitative estimate of drug-likeness (QED) is 0.853. The summed E-state index contributed by atoms with van der Waals surface area (Å²) < 4.78 is 26.4. The van der Waals surface area contributed by atoms with Crippen LogP contribution in [0.25, 0.3) is 0 Å². The van der Waals surface area contributed by atoms with Crippen LogP contribution in [0.3, 0.4) is 0 Å². The smallest absolute Gasteiger partial charge is 0.323 e. The molecule has 1 aliphatic heterocycles. The Balaban J connectivity index is 1.59. The van der Waals surface area contributed by atoms with Gasteiger partial charge in [0.05, 0.1) is 6.54 Å².